The lowest BCUT2D eigenvalue weighted by Gasteiger charge is -2.14. The van der Waals surface area contributed by atoms with Gasteiger partial charge in [-0.25, -0.2) is 15.0 Å². The van der Waals surface area contributed by atoms with E-state index in [4.69, 9.17) is 15.0 Å². The molecule has 2 aromatic heterocycles. The molecule has 262 valence electrons. The van der Waals surface area contributed by atoms with Gasteiger partial charge in [-0.3, -0.25) is 0 Å². The Morgan fingerprint density at radius 2 is 0.696 bits per heavy atom. The van der Waals surface area contributed by atoms with Crippen LogP contribution in [0.15, 0.2) is 212 Å². The van der Waals surface area contributed by atoms with Crippen LogP contribution < -0.4 is 0 Å². The zero-order valence-electron chi connectivity index (χ0n) is 30.5. The van der Waals surface area contributed by atoms with E-state index in [1.807, 2.05) is 18.2 Å². The molecule has 0 saturated heterocycles. The summed E-state index contributed by atoms with van der Waals surface area (Å²) in [5, 5.41) is 3.42. The second-order valence-electron chi connectivity index (χ2n) is 14.0. The summed E-state index contributed by atoms with van der Waals surface area (Å²) in [4.78, 5) is 15.6. The molecule has 0 saturated carbocycles. The van der Waals surface area contributed by atoms with Crippen molar-refractivity contribution in [1.82, 2.24) is 15.0 Å². The number of benzene rings is 8. The summed E-state index contributed by atoms with van der Waals surface area (Å²) < 4.78 is 0. The van der Waals surface area contributed by atoms with Gasteiger partial charge in [0.25, 0.3) is 0 Å². The third kappa shape index (κ3) is 6.42. The number of fused-ring (bicyclic) bond motifs is 3. The average Bonchev–Trinajstić information content (AvgIpc) is 3.29. The molecular weight excluding hydrogens is 679 g/mol. The molecule has 0 aliphatic rings. The Hall–Kier alpha value is -7.49. The van der Waals surface area contributed by atoms with E-state index in [-0.39, 0.29) is 0 Å². The Kier molecular flexibility index (Phi) is 8.51. The van der Waals surface area contributed by atoms with Crippen LogP contribution in [0.4, 0.5) is 0 Å². The first-order valence-corrected chi connectivity index (χ1v) is 18.9. The summed E-state index contributed by atoms with van der Waals surface area (Å²) >= 11 is 0. The van der Waals surface area contributed by atoms with Gasteiger partial charge in [-0.2, -0.15) is 0 Å². The first-order valence-electron chi connectivity index (χ1n) is 18.9. The number of pyridine rings is 1. The van der Waals surface area contributed by atoms with E-state index in [2.05, 4.69) is 194 Å². The minimum absolute atomic E-state index is 0.687. The van der Waals surface area contributed by atoms with Crippen LogP contribution >= 0.6 is 0 Å². The van der Waals surface area contributed by atoms with E-state index in [1.54, 1.807) is 0 Å². The van der Waals surface area contributed by atoms with Gasteiger partial charge in [0.2, 0.25) is 0 Å². The molecule has 0 aliphatic carbocycles. The van der Waals surface area contributed by atoms with Crippen LogP contribution in [0, 0.1) is 0 Å². The Balaban J connectivity index is 1.11. The molecule has 0 fully saturated rings. The van der Waals surface area contributed by atoms with Crippen LogP contribution in [0.2, 0.25) is 0 Å². The SMILES string of the molecule is c1ccc(-c2ccc(-c3cc(-c4ccc5c(ccc6nc(-c7ccccc7)cc(-c7ccccc7)c65)c4)nc(-c4ccc(-c5ccccc5)cc4)n3)cc2)cc1. The lowest BCUT2D eigenvalue weighted by molar-refractivity contribution is 1.18. The maximum atomic E-state index is 5.22. The van der Waals surface area contributed by atoms with Gasteiger partial charge in [0, 0.05) is 27.6 Å². The van der Waals surface area contributed by atoms with Crippen LogP contribution in [0.25, 0.3) is 100 Å². The molecule has 0 aliphatic heterocycles. The molecule has 2 heterocycles. The lowest BCUT2D eigenvalue weighted by atomic mass is 9.93. The number of hydrogen-bond donors (Lipinski definition) is 0. The van der Waals surface area contributed by atoms with Crippen LogP contribution in [0.1, 0.15) is 0 Å². The highest BCUT2D eigenvalue weighted by atomic mass is 14.9. The van der Waals surface area contributed by atoms with Crippen molar-refractivity contribution in [3.63, 3.8) is 0 Å². The molecule has 0 atom stereocenters. The molecule has 0 unspecified atom stereocenters. The number of aromatic nitrogens is 3. The van der Waals surface area contributed by atoms with Crippen LogP contribution in [-0.4, -0.2) is 15.0 Å². The average molecular weight is 714 g/mol. The van der Waals surface area contributed by atoms with Crippen LogP contribution in [0.3, 0.4) is 0 Å². The van der Waals surface area contributed by atoms with Crippen molar-refractivity contribution in [2.75, 3.05) is 0 Å². The lowest BCUT2D eigenvalue weighted by Crippen LogP contribution is -1.96. The minimum Gasteiger partial charge on any atom is -0.248 e. The summed E-state index contributed by atoms with van der Waals surface area (Å²) in [6, 6.07) is 74.5. The molecule has 0 N–H and O–H groups in total. The molecule has 56 heavy (non-hydrogen) atoms. The van der Waals surface area contributed by atoms with Gasteiger partial charge in [0.05, 0.1) is 22.6 Å². The molecule has 0 amide bonds. The van der Waals surface area contributed by atoms with Crippen molar-refractivity contribution in [2.45, 2.75) is 0 Å². The Morgan fingerprint density at radius 3 is 1.29 bits per heavy atom. The molecule has 10 rings (SSSR count). The van der Waals surface area contributed by atoms with Gasteiger partial charge in [-0.05, 0) is 68.4 Å². The van der Waals surface area contributed by atoms with E-state index in [1.165, 1.54) is 16.7 Å². The second-order valence-corrected chi connectivity index (χ2v) is 14.0. The van der Waals surface area contributed by atoms with Crippen molar-refractivity contribution in [1.29, 1.82) is 0 Å². The highest BCUT2D eigenvalue weighted by Gasteiger charge is 2.16. The summed E-state index contributed by atoms with van der Waals surface area (Å²) in [6.45, 7) is 0. The predicted molar refractivity (Wildman–Crippen MR) is 233 cm³/mol. The Morgan fingerprint density at radius 1 is 0.268 bits per heavy atom. The number of nitrogens with zero attached hydrogens (tertiary/aromatic N) is 3. The molecule has 10 aromatic rings. The van der Waals surface area contributed by atoms with Gasteiger partial charge >= 0.3 is 0 Å². The van der Waals surface area contributed by atoms with Crippen molar-refractivity contribution in [3.8, 4) is 78.5 Å². The first kappa shape index (κ1) is 33.1. The van der Waals surface area contributed by atoms with Gasteiger partial charge in [0.15, 0.2) is 5.82 Å². The van der Waals surface area contributed by atoms with Crippen molar-refractivity contribution >= 4 is 21.7 Å². The van der Waals surface area contributed by atoms with Crippen molar-refractivity contribution in [2.24, 2.45) is 0 Å². The molecular formula is C53H35N3. The zero-order chi connectivity index (χ0) is 37.3. The standard InChI is InChI=1S/C53H35N3/c1-5-13-36(14-6-1)38-21-25-42(26-22-38)50-35-51(56-53(55-50)43-27-23-39(24-28-43)37-15-7-2-8-16-37)45-29-31-46-44(33-45)30-32-48-52(46)47(40-17-9-3-10-18-40)34-49(54-48)41-19-11-4-12-20-41/h1-35H. The topological polar surface area (TPSA) is 38.7 Å². The smallest absolute Gasteiger partial charge is 0.160 e. The normalized spacial score (nSPS) is 11.2. The number of hydrogen-bond acceptors (Lipinski definition) is 3. The molecule has 3 nitrogen and oxygen atoms in total. The van der Waals surface area contributed by atoms with Crippen LogP contribution in [0.5, 0.6) is 0 Å². The monoisotopic (exact) mass is 713 g/mol. The summed E-state index contributed by atoms with van der Waals surface area (Å²) in [5.41, 5.74) is 14.8. The van der Waals surface area contributed by atoms with Crippen molar-refractivity contribution < 1.29 is 0 Å². The van der Waals surface area contributed by atoms with Gasteiger partial charge in [-0.15, -0.1) is 0 Å². The quantitative estimate of drug-likeness (QED) is 0.154. The molecule has 0 radical (unpaired) electrons. The van der Waals surface area contributed by atoms with Crippen LogP contribution in [-0.2, 0) is 0 Å². The maximum absolute atomic E-state index is 5.22. The second kappa shape index (κ2) is 14.4. The van der Waals surface area contributed by atoms with E-state index >= 15 is 0 Å². The van der Waals surface area contributed by atoms with Gasteiger partial charge in [0.1, 0.15) is 0 Å². The summed E-state index contributed by atoms with van der Waals surface area (Å²) in [5.74, 6) is 0.687. The highest BCUT2D eigenvalue weighted by Crippen LogP contribution is 2.38. The van der Waals surface area contributed by atoms with E-state index in [0.717, 1.165) is 77.7 Å². The molecule has 8 aromatic carbocycles. The maximum Gasteiger partial charge on any atom is 0.160 e. The summed E-state index contributed by atoms with van der Waals surface area (Å²) in [7, 11) is 0. The highest BCUT2D eigenvalue weighted by molar-refractivity contribution is 6.14. The van der Waals surface area contributed by atoms with E-state index in [0.29, 0.717) is 5.82 Å². The predicted octanol–water partition coefficient (Wildman–Crippen LogP) is 13.8. The first-order chi connectivity index (χ1) is 27.7. The molecule has 0 spiro atoms. The third-order valence-corrected chi connectivity index (χ3v) is 10.5. The minimum atomic E-state index is 0.687. The molecule has 3 heteroatoms. The largest absolute Gasteiger partial charge is 0.248 e. The Labute approximate surface area is 326 Å². The van der Waals surface area contributed by atoms with E-state index < -0.39 is 0 Å². The van der Waals surface area contributed by atoms with E-state index in [9.17, 15) is 0 Å². The fourth-order valence-electron chi connectivity index (χ4n) is 7.61. The Bertz CT molecular complexity index is 2860. The van der Waals surface area contributed by atoms with Crippen molar-refractivity contribution in [3.05, 3.63) is 212 Å². The fourth-order valence-corrected chi connectivity index (χ4v) is 7.61. The third-order valence-electron chi connectivity index (χ3n) is 10.5. The fraction of sp³-hybridized carbons (Fsp3) is 0. The van der Waals surface area contributed by atoms with Gasteiger partial charge in [-0.1, -0.05) is 188 Å². The van der Waals surface area contributed by atoms with Gasteiger partial charge < -0.3 is 0 Å². The number of rotatable bonds is 7. The summed E-state index contributed by atoms with van der Waals surface area (Å²) in [6.07, 6.45) is 0. The zero-order valence-corrected chi connectivity index (χ0v) is 30.5. The molecule has 0 bridgehead atoms.